The molecule has 266 valence electrons. The van der Waals surface area contributed by atoms with Crippen molar-refractivity contribution in [3.05, 3.63) is 113 Å². The van der Waals surface area contributed by atoms with Gasteiger partial charge in [0, 0.05) is 30.1 Å². The van der Waals surface area contributed by atoms with E-state index in [0.717, 1.165) is 21.0 Å². The van der Waals surface area contributed by atoms with E-state index in [9.17, 15) is 18.0 Å². The van der Waals surface area contributed by atoms with Crippen LogP contribution < -0.4 is 23.8 Å². The minimum absolute atomic E-state index is 0.0431. The van der Waals surface area contributed by atoms with Gasteiger partial charge in [-0.15, -0.1) is 0 Å². The van der Waals surface area contributed by atoms with E-state index >= 15 is 0 Å². The summed E-state index contributed by atoms with van der Waals surface area (Å²) in [6.07, 6.45) is 0.880. The maximum Gasteiger partial charge on any atom is 0.265 e. The highest BCUT2D eigenvalue weighted by Gasteiger charge is 2.36. The second kappa shape index (κ2) is 17.3. The lowest BCUT2D eigenvalue weighted by molar-refractivity contribution is -0.140. The first-order valence-corrected chi connectivity index (χ1v) is 18.0. The molecule has 0 fully saturated rings. The Labute approximate surface area is 300 Å². The van der Waals surface area contributed by atoms with Crippen LogP contribution in [0.3, 0.4) is 0 Å². The highest BCUT2D eigenvalue weighted by atomic mass is 35.5. The second-order valence-electron chi connectivity index (χ2n) is 11.9. The largest absolute Gasteiger partial charge is 0.495 e. The Morgan fingerprint density at radius 3 is 2.08 bits per heavy atom. The molecule has 0 aliphatic heterocycles. The van der Waals surface area contributed by atoms with Crippen LogP contribution >= 0.6 is 11.6 Å². The lowest BCUT2D eigenvalue weighted by Crippen LogP contribution is -2.54. The Balaban J connectivity index is 1.88. The molecule has 0 saturated heterocycles. The van der Waals surface area contributed by atoms with Gasteiger partial charge < -0.3 is 24.4 Å². The van der Waals surface area contributed by atoms with Crippen LogP contribution in [0.5, 0.6) is 17.2 Å². The number of nitrogens with zero attached hydrogens (tertiary/aromatic N) is 2. The molecule has 0 aliphatic carbocycles. The summed E-state index contributed by atoms with van der Waals surface area (Å²) in [5, 5.41) is 3.27. The fourth-order valence-corrected chi connectivity index (χ4v) is 6.96. The van der Waals surface area contributed by atoms with Crippen LogP contribution in [0.1, 0.15) is 37.0 Å². The molecule has 4 aromatic carbocycles. The van der Waals surface area contributed by atoms with Crippen molar-refractivity contribution in [2.75, 3.05) is 32.2 Å². The van der Waals surface area contributed by atoms with Crippen LogP contribution in [-0.4, -0.2) is 65.1 Å². The maximum absolute atomic E-state index is 14.8. The molecular formula is C38H44ClN3O7S. The first kappa shape index (κ1) is 38.1. The van der Waals surface area contributed by atoms with Gasteiger partial charge in [0.2, 0.25) is 11.8 Å². The number of anilines is 1. The molecule has 50 heavy (non-hydrogen) atoms. The van der Waals surface area contributed by atoms with Crippen molar-refractivity contribution in [3.63, 3.8) is 0 Å². The maximum atomic E-state index is 14.8. The summed E-state index contributed by atoms with van der Waals surface area (Å²) < 4.78 is 46.4. The number of ether oxygens (including phenoxy) is 3. The van der Waals surface area contributed by atoms with Crippen LogP contribution in [0.25, 0.3) is 0 Å². The summed E-state index contributed by atoms with van der Waals surface area (Å²) in [7, 11) is -0.245. The molecule has 1 N–H and O–H groups in total. The molecule has 0 spiro atoms. The van der Waals surface area contributed by atoms with Gasteiger partial charge in [-0.1, -0.05) is 78.7 Å². The molecule has 0 saturated carbocycles. The predicted molar refractivity (Wildman–Crippen MR) is 196 cm³/mol. The van der Waals surface area contributed by atoms with Gasteiger partial charge >= 0.3 is 0 Å². The van der Waals surface area contributed by atoms with Gasteiger partial charge in [0.05, 0.1) is 31.9 Å². The topological polar surface area (TPSA) is 114 Å². The van der Waals surface area contributed by atoms with Crippen LogP contribution in [0.2, 0.25) is 5.02 Å². The SMILES string of the molecule is CC[C@@H](C)NC(=O)[C@H](Cc1ccccc1)N(Cc1ccc(C)cc1)C(=O)CN(c1cc(Cl)ccc1OC)S(=O)(=O)c1ccc(OC)c(OC)c1. The minimum Gasteiger partial charge on any atom is -0.495 e. The lowest BCUT2D eigenvalue weighted by atomic mass is 10.0. The summed E-state index contributed by atoms with van der Waals surface area (Å²) in [6.45, 7) is 5.18. The van der Waals surface area contributed by atoms with Gasteiger partial charge in [0.15, 0.2) is 11.5 Å². The van der Waals surface area contributed by atoms with Crippen molar-refractivity contribution in [2.45, 2.75) is 57.1 Å². The highest BCUT2D eigenvalue weighted by Crippen LogP contribution is 2.37. The number of methoxy groups -OCH3 is 3. The van der Waals surface area contributed by atoms with Gasteiger partial charge in [-0.05, 0) is 61.7 Å². The van der Waals surface area contributed by atoms with E-state index in [1.54, 1.807) is 6.07 Å². The number of nitrogens with one attached hydrogen (secondary N) is 1. The zero-order valence-electron chi connectivity index (χ0n) is 29.2. The van der Waals surface area contributed by atoms with Crippen molar-refractivity contribution in [3.8, 4) is 17.2 Å². The van der Waals surface area contributed by atoms with Crippen LogP contribution in [0, 0.1) is 6.92 Å². The third kappa shape index (κ3) is 9.28. The van der Waals surface area contributed by atoms with Gasteiger partial charge in [0.25, 0.3) is 10.0 Å². The number of aryl methyl sites for hydroxylation is 1. The van der Waals surface area contributed by atoms with E-state index in [1.807, 2.05) is 75.4 Å². The number of hydrogen-bond donors (Lipinski definition) is 1. The standard InChI is InChI=1S/C38H44ClN3O7S/c1-7-27(3)40-38(44)33(21-28-11-9-8-10-12-28)41(24-29-15-13-26(2)14-16-29)37(43)25-42(32-22-30(39)17-19-34(32)47-4)50(45,46)31-18-20-35(48-5)36(23-31)49-6/h8-20,22-23,27,33H,7,21,24-25H2,1-6H3,(H,40,44)/t27-,33+/m1/s1. The molecule has 0 heterocycles. The Kier molecular flexibility index (Phi) is 13.1. The number of hydrogen-bond acceptors (Lipinski definition) is 7. The zero-order chi connectivity index (χ0) is 36.4. The number of amides is 2. The molecule has 2 atom stereocenters. The third-order valence-electron chi connectivity index (χ3n) is 8.38. The number of benzene rings is 4. The summed E-state index contributed by atoms with van der Waals surface area (Å²) in [6, 6.07) is 24.6. The first-order valence-electron chi connectivity index (χ1n) is 16.2. The van der Waals surface area contributed by atoms with E-state index in [4.69, 9.17) is 25.8 Å². The molecule has 0 radical (unpaired) electrons. The van der Waals surface area contributed by atoms with Gasteiger partial charge in [-0.25, -0.2) is 8.42 Å². The Hall–Kier alpha value is -4.74. The van der Waals surface area contributed by atoms with Gasteiger partial charge in [-0.2, -0.15) is 0 Å². The molecule has 4 rings (SSSR count). The minimum atomic E-state index is -4.48. The fourth-order valence-electron chi connectivity index (χ4n) is 5.36. The van der Waals surface area contributed by atoms with Crippen molar-refractivity contribution in [2.24, 2.45) is 0 Å². The van der Waals surface area contributed by atoms with E-state index in [2.05, 4.69) is 5.32 Å². The molecule has 10 nitrogen and oxygen atoms in total. The van der Waals surface area contributed by atoms with E-state index in [-0.39, 0.29) is 52.0 Å². The molecule has 4 aromatic rings. The average molecular weight is 722 g/mol. The molecule has 0 unspecified atom stereocenters. The predicted octanol–water partition coefficient (Wildman–Crippen LogP) is 6.42. The van der Waals surface area contributed by atoms with Gasteiger partial charge in [0.1, 0.15) is 18.3 Å². The smallest absolute Gasteiger partial charge is 0.265 e. The number of carbonyl (C=O) groups excluding carboxylic acids is 2. The van der Waals surface area contributed by atoms with Crippen LogP contribution in [-0.2, 0) is 32.6 Å². The first-order chi connectivity index (χ1) is 23.9. The Bertz CT molecular complexity index is 1870. The molecule has 0 aromatic heterocycles. The average Bonchev–Trinajstić information content (AvgIpc) is 3.12. The van der Waals surface area contributed by atoms with E-state index in [1.165, 1.54) is 56.6 Å². The summed E-state index contributed by atoms with van der Waals surface area (Å²) in [5.41, 5.74) is 2.68. The number of halogens is 1. The van der Waals surface area contributed by atoms with Crippen molar-refractivity contribution in [1.82, 2.24) is 10.2 Å². The third-order valence-corrected chi connectivity index (χ3v) is 10.4. The molecule has 0 bridgehead atoms. The Morgan fingerprint density at radius 1 is 0.820 bits per heavy atom. The summed E-state index contributed by atoms with van der Waals surface area (Å²) in [5.74, 6) is -0.278. The van der Waals surface area contributed by atoms with E-state index < -0.39 is 28.5 Å². The highest BCUT2D eigenvalue weighted by molar-refractivity contribution is 7.92. The molecule has 0 aliphatic rings. The molecule has 12 heteroatoms. The number of carbonyl (C=O) groups is 2. The fraction of sp³-hybridized carbons (Fsp3) is 0.316. The van der Waals surface area contributed by atoms with E-state index in [0.29, 0.717) is 12.2 Å². The monoisotopic (exact) mass is 721 g/mol. The van der Waals surface area contributed by atoms with Crippen molar-refractivity contribution >= 4 is 39.1 Å². The van der Waals surface area contributed by atoms with Gasteiger partial charge in [-0.3, -0.25) is 13.9 Å². The second-order valence-corrected chi connectivity index (χ2v) is 14.2. The lowest BCUT2D eigenvalue weighted by Gasteiger charge is -2.34. The number of sulfonamides is 1. The Morgan fingerprint density at radius 2 is 1.46 bits per heavy atom. The summed E-state index contributed by atoms with van der Waals surface area (Å²) >= 11 is 6.40. The van der Waals surface area contributed by atoms with Crippen molar-refractivity contribution in [1.29, 1.82) is 0 Å². The van der Waals surface area contributed by atoms with Crippen LogP contribution in [0.15, 0.2) is 95.9 Å². The zero-order valence-corrected chi connectivity index (χ0v) is 30.8. The summed E-state index contributed by atoms with van der Waals surface area (Å²) in [4.78, 5) is 30.1. The quantitative estimate of drug-likeness (QED) is 0.142. The van der Waals surface area contributed by atoms with Crippen LogP contribution in [0.4, 0.5) is 5.69 Å². The van der Waals surface area contributed by atoms with Crippen molar-refractivity contribution < 1.29 is 32.2 Å². The molecular weight excluding hydrogens is 678 g/mol. The molecule has 2 amide bonds. The normalized spacial score (nSPS) is 12.4. The number of rotatable bonds is 16.